The van der Waals surface area contributed by atoms with Crippen molar-refractivity contribution >= 4 is 6.29 Å². The third-order valence-electron chi connectivity index (χ3n) is 2.96. The van der Waals surface area contributed by atoms with Gasteiger partial charge in [-0.15, -0.1) is 0 Å². The zero-order chi connectivity index (χ0) is 11.1. The molecule has 0 saturated heterocycles. The SMILES string of the molecule is CC(C)(C)n1nc(C=O)c2c1CCCC2. The summed E-state index contributed by atoms with van der Waals surface area (Å²) >= 11 is 0. The summed E-state index contributed by atoms with van der Waals surface area (Å²) in [5, 5.41) is 4.43. The van der Waals surface area contributed by atoms with E-state index in [1.54, 1.807) is 0 Å². The molecule has 0 saturated carbocycles. The molecule has 1 aromatic rings. The Morgan fingerprint density at radius 3 is 2.53 bits per heavy atom. The molecule has 0 unspecified atom stereocenters. The second-order valence-electron chi connectivity index (χ2n) is 5.22. The Morgan fingerprint density at radius 1 is 1.27 bits per heavy atom. The molecule has 0 radical (unpaired) electrons. The lowest BCUT2D eigenvalue weighted by Crippen LogP contribution is -2.26. The van der Waals surface area contributed by atoms with Crippen LogP contribution >= 0.6 is 0 Å². The minimum atomic E-state index is -0.0251. The van der Waals surface area contributed by atoms with E-state index in [4.69, 9.17) is 0 Å². The van der Waals surface area contributed by atoms with Crippen LogP contribution in [0.25, 0.3) is 0 Å². The second kappa shape index (κ2) is 3.47. The molecule has 15 heavy (non-hydrogen) atoms. The molecule has 82 valence electrons. The molecular weight excluding hydrogens is 188 g/mol. The van der Waals surface area contributed by atoms with Crippen LogP contribution in [-0.2, 0) is 18.4 Å². The molecule has 1 aliphatic rings. The van der Waals surface area contributed by atoms with Gasteiger partial charge in [0.15, 0.2) is 6.29 Å². The van der Waals surface area contributed by atoms with E-state index < -0.39 is 0 Å². The number of rotatable bonds is 1. The third kappa shape index (κ3) is 1.71. The molecule has 0 bridgehead atoms. The fraction of sp³-hybridized carbons (Fsp3) is 0.667. The highest BCUT2D eigenvalue weighted by Gasteiger charge is 2.25. The summed E-state index contributed by atoms with van der Waals surface area (Å²) < 4.78 is 2.03. The number of fused-ring (bicyclic) bond motifs is 1. The van der Waals surface area contributed by atoms with Crippen LogP contribution in [0.4, 0.5) is 0 Å². The van der Waals surface area contributed by atoms with Gasteiger partial charge in [0.1, 0.15) is 5.69 Å². The Balaban J connectivity index is 2.57. The summed E-state index contributed by atoms with van der Waals surface area (Å²) in [6.07, 6.45) is 5.37. The summed E-state index contributed by atoms with van der Waals surface area (Å²) in [4.78, 5) is 10.9. The molecule has 0 atom stereocenters. The van der Waals surface area contributed by atoms with E-state index in [0.29, 0.717) is 5.69 Å². The van der Waals surface area contributed by atoms with E-state index in [1.165, 1.54) is 24.1 Å². The molecule has 0 aromatic carbocycles. The van der Waals surface area contributed by atoms with Gasteiger partial charge in [-0.1, -0.05) is 0 Å². The van der Waals surface area contributed by atoms with Gasteiger partial charge in [-0.2, -0.15) is 5.10 Å². The van der Waals surface area contributed by atoms with E-state index in [9.17, 15) is 4.79 Å². The van der Waals surface area contributed by atoms with Crippen LogP contribution < -0.4 is 0 Å². The Labute approximate surface area is 90.5 Å². The molecule has 2 rings (SSSR count). The molecular formula is C12H18N2O. The standard InChI is InChI=1S/C12H18N2O/c1-12(2,3)14-11-7-5-4-6-9(11)10(8-15)13-14/h8H,4-7H2,1-3H3. The summed E-state index contributed by atoms with van der Waals surface area (Å²) in [5.41, 5.74) is 3.09. The lowest BCUT2D eigenvalue weighted by atomic mass is 9.95. The zero-order valence-corrected chi connectivity index (χ0v) is 9.71. The normalized spacial score (nSPS) is 16.2. The van der Waals surface area contributed by atoms with Gasteiger partial charge in [0, 0.05) is 11.3 Å². The highest BCUT2D eigenvalue weighted by Crippen LogP contribution is 2.27. The van der Waals surface area contributed by atoms with Crippen molar-refractivity contribution in [2.24, 2.45) is 0 Å². The summed E-state index contributed by atoms with van der Waals surface area (Å²) in [7, 11) is 0. The van der Waals surface area contributed by atoms with Crippen molar-refractivity contribution in [2.45, 2.75) is 52.0 Å². The maximum atomic E-state index is 10.9. The van der Waals surface area contributed by atoms with Crippen LogP contribution in [0.5, 0.6) is 0 Å². The fourth-order valence-corrected chi connectivity index (χ4v) is 2.28. The first-order valence-electron chi connectivity index (χ1n) is 5.60. The highest BCUT2D eigenvalue weighted by atomic mass is 16.1. The van der Waals surface area contributed by atoms with Crippen molar-refractivity contribution in [3.63, 3.8) is 0 Å². The monoisotopic (exact) mass is 206 g/mol. The van der Waals surface area contributed by atoms with Crippen LogP contribution in [0.1, 0.15) is 55.4 Å². The van der Waals surface area contributed by atoms with E-state index >= 15 is 0 Å². The predicted molar refractivity (Wildman–Crippen MR) is 59.3 cm³/mol. The molecule has 3 heteroatoms. The fourth-order valence-electron chi connectivity index (χ4n) is 2.28. The van der Waals surface area contributed by atoms with Crippen molar-refractivity contribution in [3.8, 4) is 0 Å². The van der Waals surface area contributed by atoms with Gasteiger partial charge in [-0.05, 0) is 46.5 Å². The lowest BCUT2D eigenvalue weighted by Gasteiger charge is -2.24. The van der Waals surface area contributed by atoms with Gasteiger partial charge in [-0.25, -0.2) is 0 Å². The number of aromatic nitrogens is 2. The maximum Gasteiger partial charge on any atom is 0.170 e. The first-order chi connectivity index (χ1) is 7.04. The van der Waals surface area contributed by atoms with Crippen LogP contribution in [0, 0.1) is 0 Å². The summed E-state index contributed by atoms with van der Waals surface area (Å²) in [5.74, 6) is 0. The molecule has 0 spiro atoms. The van der Waals surface area contributed by atoms with Crippen LogP contribution in [0.15, 0.2) is 0 Å². The number of carbonyl (C=O) groups is 1. The Hall–Kier alpha value is -1.12. The quantitative estimate of drug-likeness (QED) is 0.661. The molecule has 1 aliphatic carbocycles. The molecule has 0 aliphatic heterocycles. The van der Waals surface area contributed by atoms with E-state index in [-0.39, 0.29) is 5.54 Å². The number of carbonyl (C=O) groups excluding carboxylic acids is 1. The number of hydrogen-bond acceptors (Lipinski definition) is 2. The molecule has 1 heterocycles. The first kappa shape index (κ1) is 10.4. The van der Waals surface area contributed by atoms with Crippen molar-refractivity contribution < 1.29 is 4.79 Å². The zero-order valence-electron chi connectivity index (χ0n) is 9.71. The summed E-state index contributed by atoms with van der Waals surface area (Å²) in [6, 6.07) is 0. The second-order valence-corrected chi connectivity index (χ2v) is 5.22. The van der Waals surface area contributed by atoms with Gasteiger partial charge in [-0.3, -0.25) is 9.48 Å². The average Bonchev–Trinajstić information content (AvgIpc) is 2.55. The van der Waals surface area contributed by atoms with Crippen molar-refractivity contribution in [3.05, 3.63) is 17.0 Å². The van der Waals surface area contributed by atoms with Gasteiger partial charge in [0.05, 0.1) is 5.54 Å². The molecule has 0 fully saturated rings. The molecule has 3 nitrogen and oxygen atoms in total. The van der Waals surface area contributed by atoms with E-state index in [2.05, 4.69) is 25.9 Å². The Bertz CT molecular complexity index is 385. The van der Waals surface area contributed by atoms with Crippen molar-refractivity contribution in [2.75, 3.05) is 0 Å². The molecule has 1 aromatic heterocycles. The highest BCUT2D eigenvalue weighted by molar-refractivity contribution is 5.75. The van der Waals surface area contributed by atoms with Gasteiger partial charge < -0.3 is 0 Å². The Morgan fingerprint density at radius 2 is 1.93 bits per heavy atom. The van der Waals surface area contributed by atoms with Gasteiger partial charge in [0.25, 0.3) is 0 Å². The van der Waals surface area contributed by atoms with Crippen LogP contribution in [0.3, 0.4) is 0 Å². The topological polar surface area (TPSA) is 34.9 Å². The number of hydrogen-bond donors (Lipinski definition) is 0. The van der Waals surface area contributed by atoms with E-state index in [1.807, 2.05) is 4.68 Å². The number of aldehydes is 1. The van der Waals surface area contributed by atoms with Crippen molar-refractivity contribution in [1.82, 2.24) is 9.78 Å². The average molecular weight is 206 g/mol. The molecule has 0 N–H and O–H groups in total. The predicted octanol–water partition coefficient (Wildman–Crippen LogP) is 2.33. The smallest absolute Gasteiger partial charge is 0.170 e. The van der Waals surface area contributed by atoms with Crippen molar-refractivity contribution in [1.29, 1.82) is 0 Å². The lowest BCUT2D eigenvalue weighted by molar-refractivity contribution is 0.111. The van der Waals surface area contributed by atoms with Crippen LogP contribution in [-0.4, -0.2) is 16.1 Å². The third-order valence-corrected chi connectivity index (χ3v) is 2.96. The minimum Gasteiger partial charge on any atom is -0.296 e. The Kier molecular flexibility index (Phi) is 2.41. The van der Waals surface area contributed by atoms with Crippen LogP contribution in [0.2, 0.25) is 0 Å². The first-order valence-corrected chi connectivity index (χ1v) is 5.60. The molecule has 0 amide bonds. The largest absolute Gasteiger partial charge is 0.296 e. The summed E-state index contributed by atoms with van der Waals surface area (Å²) in [6.45, 7) is 6.39. The van der Waals surface area contributed by atoms with E-state index in [0.717, 1.165) is 19.1 Å². The maximum absolute atomic E-state index is 10.9. The minimum absolute atomic E-state index is 0.0251. The van der Waals surface area contributed by atoms with Gasteiger partial charge in [0.2, 0.25) is 0 Å². The number of nitrogens with zero attached hydrogens (tertiary/aromatic N) is 2. The van der Waals surface area contributed by atoms with Gasteiger partial charge >= 0.3 is 0 Å².